The zero-order valence-electron chi connectivity index (χ0n) is 24.4. The largest absolute Gasteiger partial charge is 0.337 e. The van der Waals surface area contributed by atoms with Crippen molar-refractivity contribution >= 4 is 56.8 Å². The van der Waals surface area contributed by atoms with E-state index in [0.717, 1.165) is 0 Å². The summed E-state index contributed by atoms with van der Waals surface area (Å²) in [7, 11) is -4.22. The number of hydrogen-bond donors (Lipinski definition) is 3. The van der Waals surface area contributed by atoms with Crippen molar-refractivity contribution in [2.75, 3.05) is 31.5 Å². The van der Waals surface area contributed by atoms with E-state index in [-0.39, 0.29) is 52.9 Å². The third-order valence-corrected chi connectivity index (χ3v) is 9.22. The SMILES string of the molecule is CC(C)C[C@H](NC(=O)Nc1ccccc1)C(=O)N1CCN(C(=O)[C@@H](NS(=O)(=O)c2ccc(Cl)cc2Cl)c2ccccc2)CC1. The van der Waals surface area contributed by atoms with Crippen LogP contribution < -0.4 is 15.4 Å². The first kappa shape index (κ1) is 33.3. The van der Waals surface area contributed by atoms with E-state index in [2.05, 4.69) is 15.4 Å². The molecular weight excluding hydrogens is 625 g/mol. The van der Waals surface area contributed by atoms with Crippen LogP contribution in [0.3, 0.4) is 0 Å². The first-order chi connectivity index (χ1) is 20.9. The standard InChI is InChI=1S/C31H35Cl2N5O5S/c1-21(2)19-26(35-31(41)34-24-11-7-4-8-12-24)29(39)37-15-17-38(18-16-37)30(40)28(22-9-5-3-6-10-22)36-44(42,43)27-14-13-23(32)20-25(27)33/h3-14,20-21,26,28,36H,15-19H2,1-2H3,(H2,34,35,41)/t26-,28-/m0/s1. The Morgan fingerprint density at radius 1 is 0.818 bits per heavy atom. The smallest absolute Gasteiger partial charge is 0.319 e. The summed E-state index contributed by atoms with van der Waals surface area (Å²) in [6.07, 6.45) is 0.436. The van der Waals surface area contributed by atoms with Crippen LogP contribution in [-0.2, 0) is 19.6 Å². The number of urea groups is 1. The van der Waals surface area contributed by atoms with E-state index in [1.807, 2.05) is 19.9 Å². The maximum atomic E-state index is 13.8. The summed E-state index contributed by atoms with van der Waals surface area (Å²) in [6, 6.07) is 19.0. The van der Waals surface area contributed by atoms with Crippen LogP contribution in [0.1, 0.15) is 31.9 Å². The van der Waals surface area contributed by atoms with Crippen LogP contribution in [-0.4, -0.2) is 68.3 Å². The van der Waals surface area contributed by atoms with Gasteiger partial charge in [0.25, 0.3) is 0 Å². The van der Waals surface area contributed by atoms with Crippen LogP contribution >= 0.6 is 23.2 Å². The van der Waals surface area contributed by atoms with Gasteiger partial charge in [0.1, 0.15) is 17.0 Å². The van der Waals surface area contributed by atoms with Gasteiger partial charge < -0.3 is 20.4 Å². The number of sulfonamides is 1. The number of halogens is 2. The predicted molar refractivity (Wildman–Crippen MR) is 171 cm³/mol. The van der Waals surface area contributed by atoms with Crippen LogP contribution in [0.15, 0.2) is 83.8 Å². The van der Waals surface area contributed by atoms with E-state index >= 15 is 0 Å². The van der Waals surface area contributed by atoms with Crippen molar-refractivity contribution in [1.29, 1.82) is 0 Å². The highest BCUT2D eigenvalue weighted by atomic mass is 35.5. The van der Waals surface area contributed by atoms with Gasteiger partial charge in [0, 0.05) is 36.9 Å². The van der Waals surface area contributed by atoms with Gasteiger partial charge in [0.15, 0.2) is 0 Å². The predicted octanol–water partition coefficient (Wildman–Crippen LogP) is 4.92. The van der Waals surface area contributed by atoms with Gasteiger partial charge in [-0.3, -0.25) is 9.59 Å². The van der Waals surface area contributed by atoms with Crippen LogP contribution in [0.25, 0.3) is 0 Å². The van der Waals surface area contributed by atoms with E-state index in [1.165, 1.54) is 23.1 Å². The van der Waals surface area contributed by atoms with Crippen molar-refractivity contribution < 1.29 is 22.8 Å². The van der Waals surface area contributed by atoms with Gasteiger partial charge >= 0.3 is 6.03 Å². The first-order valence-corrected chi connectivity index (χ1v) is 16.4. The normalized spacial score (nSPS) is 15.0. The summed E-state index contributed by atoms with van der Waals surface area (Å²) in [4.78, 5) is 42.9. The molecule has 0 unspecified atom stereocenters. The Bertz CT molecular complexity index is 1570. The lowest BCUT2D eigenvalue weighted by atomic mass is 10.0. The van der Waals surface area contributed by atoms with Crippen LogP contribution in [0.4, 0.5) is 10.5 Å². The molecule has 13 heteroatoms. The van der Waals surface area contributed by atoms with Gasteiger partial charge in [-0.2, -0.15) is 4.72 Å². The van der Waals surface area contributed by atoms with Gasteiger partial charge in [-0.1, -0.05) is 85.6 Å². The molecule has 1 heterocycles. The Balaban J connectivity index is 1.45. The molecule has 0 spiro atoms. The highest BCUT2D eigenvalue weighted by Crippen LogP contribution is 2.27. The fraction of sp³-hybridized carbons (Fsp3) is 0.323. The molecule has 1 aliphatic rings. The first-order valence-electron chi connectivity index (χ1n) is 14.2. The lowest BCUT2D eigenvalue weighted by Crippen LogP contribution is -2.57. The Labute approximate surface area is 267 Å². The Hall–Kier alpha value is -3.64. The number of anilines is 1. The number of carbonyl (C=O) groups excluding carboxylic acids is 3. The molecule has 1 saturated heterocycles. The van der Waals surface area contributed by atoms with Gasteiger partial charge in [0.05, 0.1) is 5.02 Å². The van der Waals surface area contributed by atoms with Gasteiger partial charge in [-0.25, -0.2) is 13.2 Å². The molecule has 0 bridgehead atoms. The van der Waals surface area contributed by atoms with E-state index in [9.17, 15) is 22.8 Å². The molecule has 0 saturated carbocycles. The lowest BCUT2D eigenvalue weighted by molar-refractivity contribution is -0.141. The number of nitrogens with zero attached hydrogens (tertiary/aromatic N) is 2. The summed E-state index contributed by atoms with van der Waals surface area (Å²) in [6.45, 7) is 4.74. The van der Waals surface area contributed by atoms with Crippen molar-refractivity contribution in [3.05, 3.63) is 94.5 Å². The van der Waals surface area contributed by atoms with Crippen molar-refractivity contribution in [2.24, 2.45) is 5.92 Å². The third kappa shape index (κ3) is 8.72. The second-order valence-electron chi connectivity index (χ2n) is 10.8. The van der Waals surface area contributed by atoms with E-state index in [4.69, 9.17) is 23.2 Å². The number of nitrogens with one attached hydrogen (secondary N) is 3. The number of para-hydroxylation sites is 1. The molecular formula is C31H35Cl2N5O5S. The molecule has 2 atom stereocenters. The molecule has 3 aromatic rings. The summed E-state index contributed by atoms with van der Waals surface area (Å²) in [5.41, 5.74) is 1.06. The van der Waals surface area contributed by atoms with Crippen molar-refractivity contribution in [2.45, 2.75) is 37.2 Å². The second kappa shape index (κ2) is 14.9. The van der Waals surface area contributed by atoms with Crippen molar-refractivity contribution in [3.63, 3.8) is 0 Å². The minimum atomic E-state index is -4.22. The molecule has 44 heavy (non-hydrogen) atoms. The summed E-state index contributed by atoms with van der Waals surface area (Å²) < 4.78 is 29.2. The maximum Gasteiger partial charge on any atom is 0.319 e. The van der Waals surface area contributed by atoms with Gasteiger partial charge in [0.2, 0.25) is 21.8 Å². The topological polar surface area (TPSA) is 128 Å². The molecule has 0 aromatic heterocycles. The quantitative estimate of drug-likeness (QED) is 0.285. The third-order valence-electron chi connectivity index (χ3n) is 7.08. The van der Waals surface area contributed by atoms with E-state index < -0.39 is 34.0 Å². The number of carbonyl (C=O) groups is 3. The van der Waals surface area contributed by atoms with Crippen molar-refractivity contribution in [1.82, 2.24) is 19.8 Å². The fourth-order valence-corrected chi connectivity index (χ4v) is 6.86. The second-order valence-corrected chi connectivity index (χ2v) is 13.4. The molecule has 0 radical (unpaired) electrons. The highest BCUT2D eigenvalue weighted by molar-refractivity contribution is 7.89. The Morgan fingerprint density at radius 3 is 1.95 bits per heavy atom. The number of piperazine rings is 1. The van der Waals surface area contributed by atoms with Crippen molar-refractivity contribution in [3.8, 4) is 0 Å². The summed E-state index contributed by atoms with van der Waals surface area (Å²) >= 11 is 12.1. The summed E-state index contributed by atoms with van der Waals surface area (Å²) in [5, 5.41) is 5.75. The molecule has 0 aliphatic carbocycles. The minimum absolute atomic E-state index is 0.0709. The molecule has 4 amide bonds. The molecule has 10 nitrogen and oxygen atoms in total. The Kier molecular flexibility index (Phi) is 11.3. The monoisotopic (exact) mass is 659 g/mol. The van der Waals surface area contributed by atoms with Crippen LogP contribution in [0, 0.1) is 5.92 Å². The van der Waals surface area contributed by atoms with Gasteiger partial charge in [-0.15, -0.1) is 0 Å². The number of amides is 4. The number of hydrogen-bond acceptors (Lipinski definition) is 5. The molecule has 3 aromatic carbocycles. The van der Waals surface area contributed by atoms with Gasteiger partial charge in [-0.05, 0) is 48.2 Å². The van der Waals surface area contributed by atoms with E-state index in [1.54, 1.807) is 59.5 Å². The zero-order chi connectivity index (χ0) is 31.9. The number of rotatable bonds is 10. The minimum Gasteiger partial charge on any atom is -0.337 e. The average molecular weight is 661 g/mol. The van der Waals surface area contributed by atoms with Crippen LogP contribution in [0.5, 0.6) is 0 Å². The lowest BCUT2D eigenvalue weighted by Gasteiger charge is -2.38. The molecule has 3 N–H and O–H groups in total. The molecule has 4 rings (SSSR count). The average Bonchev–Trinajstić information content (AvgIpc) is 2.99. The zero-order valence-corrected chi connectivity index (χ0v) is 26.7. The maximum absolute atomic E-state index is 13.8. The highest BCUT2D eigenvalue weighted by Gasteiger charge is 2.35. The number of benzene rings is 3. The molecule has 1 aliphatic heterocycles. The Morgan fingerprint density at radius 2 is 1.39 bits per heavy atom. The van der Waals surface area contributed by atoms with E-state index in [0.29, 0.717) is 17.7 Å². The summed E-state index contributed by atoms with van der Waals surface area (Å²) in [5.74, 6) is -0.569. The fourth-order valence-electron chi connectivity index (χ4n) is 4.91. The molecule has 1 fully saturated rings. The molecule has 234 valence electrons. The van der Waals surface area contributed by atoms with Crippen LogP contribution in [0.2, 0.25) is 10.0 Å².